The largest absolute Gasteiger partial charge is 0.384 e. The Kier molecular flexibility index (Phi) is 5.34. The molecule has 0 saturated heterocycles. The predicted molar refractivity (Wildman–Crippen MR) is 119 cm³/mol. The maximum absolute atomic E-state index is 11.4. The molecule has 148 valence electrons. The summed E-state index contributed by atoms with van der Waals surface area (Å²) in [5.74, 6) is 0.460. The first-order valence-electron chi connectivity index (χ1n) is 9.77. The molecule has 0 bridgehead atoms. The van der Waals surface area contributed by atoms with Crippen molar-refractivity contribution in [1.82, 2.24) is 9.88 Å². The highest BCUT2D eigenvalue weighted by Crippen LogP contribution is 2.44. The van der Waals surface area contributed by atoms with Gasteiger partial charge in [-0.25, -0.2) is 4.98 Å². The zero-order chi connectivity index (χ0) is 20.4. The van der Waals surface area contributed by atoms with Gasteiger partial charge in [-0.2, -0.15) is 0 Å². The van der Waals surface area contributed by atoms with E-state index in [4.69, 9.17) is 5.73 Å². The molecule has 4 rings (SSSR count). The molecule has 1 aromatic heterocycles. The molecule has 3 aromatic rings. The quantitative estimate of drug-likeness (QED) is 0.704. The van der Waals surface area contributed by atoms with Crippen LogP contribution in [-0.2, 0) is 0 Å². The molecule has 1 aliphatic rings. The highest BCUT2D eigenvalue weighted by atomic mass is 16.3. The van der Waals surface area contributed by atoms with Gasteiger partial charge in [0.25, 0.3) is 0 Å². The summed E-state index contributed by atoms with van der Waals surface area (Å²) in [5.41, 5.74) is 11.6. The van der Waals surface area contributed by atoms with Crippen molar-refractivity contribution in [1.29, 1.82) is 0 Å². The number of nitrogen functional groups attached to an aromatic ring is 1. The lowest BCUT2D eigenvalue weighted by molar-refractivity contribution is 0.227. The van der Waals surface area contributed by atoms with Gasteiger partial charge in [-0.1, -0.05) is 54.6 Å². The van der Waals surface area contributed by atoms with Crippen molar-refractivity contribution in [2.45, 2.75) is 6.23 Å². The lowest BCUT2D eigenvalue weighted by Gasteiger charge is -2.26. The average molecular weight is 386 g/mol. The van der Waals surface area contributed by atoms with Gasteiger partial charge in [-0.15, -0.1) is 0 Å². The van der Waals surface area contributed by atoms with E-state index in [1.54, 1.807) is 6.07 Å². The summed E-state index contributed by atoms with van der Waals surface area (Å²) in [6.07, 6.45) is -0.759. The van der Waals surface area contributed by atoms with Gasteiger partial charge in [0.05, 0.1) is 5.69 Å². The van der Waals surface area contributed by atoms with E-state index >= 15 is 0 Å². The van der Waals surface area contributed by atoms with Crippen molar-refractivity contribution in [3.05, 3.63) is 89.6 Å². The zero-order valence-electron chi connectivity index (χ0n) is 16.8. The number of rotatable bonds is 5. The van der Waals surface area contributed by atoms with E-state index in [1.165, 1.54) is 0 Å². The van der Waals surface area contributed by atoms with Crippen LogP contribution >= 0.6 is 0 Å². The van der Waals surface area contributed by atoms with Crippen LogP contribution < -0.4 is 10.6 Å². The summed E-state index contributed by atoms with van der Waals surface area (Å²) < 4.78 is 0. The summed E-state index contributed by atoms with van der Waals surface area (Å²) in [4.78, 5) is 8.76. The number of hydrogen-bond donors (Lipinski definition) is 2. The topological polar surface area (TPSA) is 65.6 Å². The molecule has 1 aliphatic heterocycles. The van der Waals surface area contributed by atoms with Crippen molar-refractivity contribution in [3.8, 4) is 0 Å². The van der Waals surface area contributed by atoms with Gasteiger partial charge in [-0.3, -0.25) is 0 Å². The van der Waals surface area contributed by atoms with Gasteiger partial charge in [-0.05, 0) is 37.9 Å². The van der Waals surface area contributed by atoms with Crippen molar-refractivity contribution in [2.75, 3.05) is 37.8 Å². The van der Waals surface area contributed by atoms with E-state index in [2.05, 4.69) is 26.9 Å². The second-order valence-corrected chi connectivity index (χ2v) is 7.49. The number of likely N-dealkylation sites (N-methyl/N-ethyl adjacent to an activating group) is 1. The van der Waals surface area contributed by atoms with Crippen LogP contribution in [-0.4, -0.2) is 48.4 Å². The fraction of sp³-hybridized carbons (Fsp3) is 0.208. The van der Waals surface area contributed by atoms with E-state index < -0.39 is 6.23 Å². The molecule has 3 N–H and O–H groups in total. The molecule has 0 aliphatic carbocycles. The third kappa shape index (κ3) is 3.75. The first kappa shape index (κ1) is 19.2. The van der Waals surface area contributed by atoms with E-state index in [1.807, 2.05) is 68.7 Å². The molecular formula is C24H26N4O. The highest BCUT2D eigenvalue weighted by Gasteiger charge is 2.35. The average Bonchev–Trinajstić information content (AvgIpc) is 2.99. The van der Waals surface area contributed by atoms with E-state index in [-0.39, 0.29) is 0 Å². The van der Waals surface area contributed by atoms with Crippen LogP contribution in [0.2, 0.25) is 0 Å². The van der Waals surface area contributed by atoms with Gasteiger partial charge in [0.2, 0.25) is 0 Å². The lowest BCUT2D eigenvalue weighted by Crippen LogP contribution is -2.37. The number of aromatic nitrogens is 1. The molecule has 0 fully saturated rings. The molecule has 2 aromatic carbocycles. The normalized spacial score (nSPS) is 17.5. The molecular weight excluding hydrogens is 360 g/mol. The van der Waals surface area contributed by atoms with Crippen molar-refractivity contribution in [3.63, 3.8) is 0 Å². The number of aliphatic hydroxyl groups is 1. The number of aliphatic hydroxyl groups excluding tert-OH is 1. The maximum Gasteiger partial charge on any atom is 0.154 e. The summed E-state index contributed by atoms with van der Waals surface area (Å²) in [6.45, 7) is 1.57. The van der Waals surface area contributed by atoms with Crippen LogP contribution in [0.3, 0.4) is 0 Å². The third-order valence-electron chi connectivity index (χ3n) is 5.20. The molecule has 1 unspecified atom stereocenters. The van der Waals surface area contributed by atoms with Gasteiger partial charge >= 0.3 is 0 Å². The third-order valence-corrected chi connectivity index (χ3v) is 5.20. The summed E-state index contributed by atoms with van der Waals surface area (Å²) >= 11 is 0. The Hall–Kier alpha value is -3.15. The van der Waals surface area contributed by atoms with Gasteiger partial charge in [0.1, 0.15) is 5.82 Å². The minimum absolute atomic E-state index is 0.460. The molecule has 0 amide bonds. The van der Waals surface area contributed by atoms with Crippen LogP contribution in [0.5, 0.6) is 0 Å². The lowest BCUT2D eigenvalue weighted by atomic mass is 9.92. The Morgan fingerprint density at radius 2 is 1.72 bits per heavy atom. The first-order valence-corrected chi connectivity index (χ1v) is 9.77. The van der Waals surface area contributed by atoms with E-state index in [0.29, 0.717) is 5.82 Å². The highest BCUT2D eigenvalue weighted by molar-refractivity contribution is 6.05. The number of nitrogens with two attached hydrogens (primary N) is 1. The second kappa shape index (κ2) is 8.07. The number of nitrogens with zero attached hydrogens (tertiary/aromatic N) is 3. The monoisotopic (exact) mass is 386 g/mol. The summed E-state index contributed by atoms with van der Waals surface area (Å²) in [6, 6.07) is 23.9. The van der Waals surface area contributed by atoms with Crippen LogP contribution in [0.15, 0.2) is 72.8 Å². The van der Waals surface area contributed by atoms with Crippen LogP contribution in [0.4, 0.5) is 11.5 Å². The minimum Gasteiger partial charge on any atom is -0.384 e. The Bertz CT molecular complexity index is 1030. The first-order chi connectivity index (χ1) is 14.1. The molecule has 0 saturated carbocycles. The summed E-state index contributed by atoms with van der Waals surface area (Å²) in [5, 5.41) is 11.4. The number of anilines is 2. The number of hydrogen-bond acceptors (Lipinski definition) is 5. The fourth-order valence-electron chi connectivity index (χ4n) is 3.83. The van der Waals surface area contributed by atoms with Crippen LogP contribution in [0.25, 0.3) is 11.1 Å². The van der Waals surface area contributed by atoms with Crippen LogP contribution in [0.1, 0.15) is 16.8 Å². The van der Waals surface area contributed by atoms with Gasteiger partial charge in [0, 0.05) is 35.5 Å². The number of pyridine rings is 1. The number of fused-ring (bicyclic) bond motifs is 1. The Morgan fingerprint density at radius 1 is 1.00 bits per heavy atom. The predicted octanol–water partition coefficient (Wildman–Crippen LogP) is 3.32. The van der Waals surface area contributed by atoms with Gasteiger partial charge in [0.15, 0.2) is 6.23 Å². The molecule has 1 atom stereocenters. The molecule has 0 spiro atoms. The minimum atomic E-state index is -0.759. The zero-order valence-corrected chi connectivity index (χ0v) is 16.8. The fourth-order valence-corrected chi connectivity index (χ4v) is 3.83. The molecule has 2 heterocycles. The molecule has 0 radical (unpaired) electrons. The SMILES string of the molecule is CN(C)CCN1c2ccccc2C(=C(c2ccccc2)c2cccc(N)n2)C1O. The number of benzene rings is 2. The Morgan fingerprint density at radius 3 is 2.45 bits per heavy atom. The van der Waals surface area contributed by atoms with Crippen molar-refractivity contribution >= 4 is 22.7 Å². The maximum atomic E-state index is 11.4. The summed E-state index contributed by atoms with van der Waals surface area (Å²) in [7, 11) is 4.08. The smallest absolute Gasteiger partial charge is 0.154 e. The van der Waals surface area contributed by atoms with E-state index in [9.17, 15) is 5.11 Å². The molecule has 5 nitrogen and oxygen atoms in total. The second-order valence-electron chi connectivity index (χ2n) is 7.49. The van der Waals surface area contributed by atoms with Crippen LogP contribution in [0, 0.1) is 0 Å². The van der Waals surface area contributed by atoms with Crippen molar-refractivity contribution < 1.29 is 5.11 Å². The van der Waals surface area contributed by atoms with E-state index in [0.717, 1.165) is 46.7 Å². The Labute approximate surface area is 171 Å². The standard InChI is InChI=1S/C24H26N4O/c1-27(2)15-16-28-20-13-7-6-11-18(20)23(24(28)29)22(17-9-4-3-5-10-17)19-12-8-14-21(25)26-19/h3-14,24,29H,15-16H2,1-2H3,(H2,25,26). The van der Waals surface area contributed by atoms with Gasteiger partial charge < -0.3 is 20.6 Å². The Balaban J connectivity index is 1.95. The molecule has 5 heteroatoms. The number of para-hydroxylation sites is 1. The van der Waals surface area contributed by atoms with Crippen molar-refractivity contribution in [2.24, 2.45) is 0 Å². The molecule has 29 heavy (non-hydrogen) atoms.